The average molecular weight is 270 g/mol. The van der Waals surface area contributed by atoms with E-state index in [9.17, 15) is 9.59 Å². The van der Waals surface area contributed by atoms with Gasteiger partial charge in [0.1, 0.15) is 17.9 Å². The van der Waals surface area contributed by atoms with Crippen molar-refractivity contribution in [3.63, 3.8) is 0 Å². The molecule has 0 aliphatic carbocycles. The zero-order chi connectivity index (χ0) is 14.4. The molecule has 2 aromatic carbocycles. The number of hydrogen-bond acceptors (Lipinski definition) is 4. The Morgan fingerprint density at radius 3 is 2.30 bits per heavy atom. The molecule has 0 radical (unpaired) electrons. The van der Waals surface area contributed by atoms with E-state index in [0.29, 0.717) is 17.1 Å². The molecule has 4 nitrogen and oxygen atoms in total. The Morgan fingerprint density at radius 1 is 0.950 bits per heavy atom. The summed E-state index contributed by atoms with van der Waals surface area (Å²) in [6.45, 7) is 0. The standard InChI is InChI=1S/C16H14O4/c1-19-16(18)11-14(17)13-9-5-6-10-15(13)20-12-7-3-2-4-8-12/h2-10H,11H2,1H3. The van der Waals surface area contributed by atoms with Crippen LogP contribution in [0.15, 0.2) is 54.6 Å². The summed E-state index contributed by atoms with van der Waals surface area (Å²) in [5.74, 6) is 0.159. The fourth-order valence-electron chi connectivity index (χ4n) is 1.70. The molecule has 0 aliphatic heterocycles. The van der Waals surface area contributed by atoms with E-state index >= 15 is 0 Å². The summed E-state index contributed by atoms with van der Waals surface area (Å²) in [7, 11) is 1.25. The van der Waals surface area contributed by atoms with Gasteiger partial charge in [-0.2, -0.15) is 0 Å². The van der Waals surface area contributed by atoms with Crippen molar-refractivity contribution in [3.05, 3.63) is 60.2 Å². The SMILES string of the molecule is COC(=O)CC(=O)c1ccccc1Oc1ccccc1. The van der Waals surface area contributed by atoms with Crippen LogP contribution < -0.4 is 4.74 Å². The van der Waals surface area contributed by atoms with E-state index in [2.05, 4.69) is 4.74 Å². The fourth-order valence-corrected chi connectivity index (χ4v) is 1.70. The van der Waals surface area contributed by atoms with Gasteiger partial charge in [0.15, 0.2) is 5.78 Å². The van der Waals surface area contributed by atoms with Crippen LogP contribution in [0.25, 0.3) is 0 Å². The summed E-state index contributed by atoms with van der Waals surface area (Å²) in [5, 5.41) is 0. The smallest absolute Gasteiger partial charge is 0.313 e. The van der Waals surface area contributed by atoms with Crippen molar-refractivity contribution in [1.29, 1.82) is 0 Å². The summed E-state index contributed by atoms with van der Waals surface area (Å²) in [5.41, 5.74) is 0.363. The third kappa shape index (κ3) is 3.45. The maximum Gasteiger partial charge on any atom is 0.313 e. The lowest BCUT2D eigenvalue weighted by Gasteiger charge is -2.09. The van der Waals surface area contributed by atoms with Crippen LogP contribution >= 0.6 is 0 Å². The maximum absolute atomic E-state index is 12.0. The number of ketones is 1. The Labute approximate surface area is 116 Å². The van der Waals surface area contributed by atoms with Crippen molar-refractivity contribution in [2.75, 3.05) is 7.11 Å². The second-order valence-electron chi connectivity index (χ2n) is 4.09. The first-order chi connectivity index (χ1) is 9.70. The van der Waals surface area contributed by atoms with Crippen LogP contribution in [0.3, 0.4) is 0 Å². The van der Waals surface area contributed by atoms with Crippen LogP contribution in [0, 0.1) is 0 Å². The predicted molar refractivity (Wildman–Crippen MR) is 73.9 cm³/mol. The van der Waals surface area contributed by atoms with Gasteiger partial charge in [-0.1, -0.05) is 30.3 Å². The van der Waals surface area contributed by atoms with E-state index in [-0.39, 0.29) is 12.2 Å². The number of benzene rings is 2. The molecule has 102 valence electrons. The number of carbonyl (C=O) groups is 2. The van der Waals surface area contributed by atoms with Gasteiger partial charge in [0.05, 0.1) is 12.7 Å². The highest BCUT2D eigenvalue weighted by Crippen LogP contribution is 2.25. The molecule has 4 heteroatoms. The van der Waals surface area contributed by atoms with Gasteiger partial charge in [-0.3, -0.25) is 9.59 Å². The van der Waals surface area contributed by atoms with E-state index in [4.69, 9.17) is 4.74 Å². The fraction of sp³-hybridized carbons (Fsp3) is 0.125. The summed E-state index contributed by atoms with van der Waals surface area (Å²) < 4.78 is 10.2. The topological polar surface area (TPSA) is 52.6 Å². The molecule has 0 aliphatic rings. The molecule has 0 amide bonds. The molecular formula is C16H14O4. The minimum Gasteiger partial charge on any atom is -0.469 e. The van der Waals surface area contributed by atoms with Gasteiger partial charge in [0, 0.05) is 0 Å². The second kappa shape index (κ2) is 6.52. The lowest BCUT2D eigenvalue weighted by atomic mass is 10.1. The Morgan fingerprint density at radius 2 is 1.60 bits per heavy atom. The van der Waals surface area contributed by atoms with Crippen molar-refractivity contribution in [1.82, 2.24) is 0 Å². The van der Waals surface area contributed by atoms with Gasteiger partial charge in [-0.15, -0.1) is 0 Å². The molecule has 0 N–H and O–H groups in total. The molecule has 0 spiro atoms. The van der Waals surface area contributed by atoms with E-state index in [0.717, 1.165) is 0 Å². The second-order valence-corrected chi connectivity index (χ2v) is 4.09. The Bertz CT molecular complexity index is 605. The lowest BCUT2D eigenvalue weighted by molar-refractivity contribution is -0.139. The zero-order valence-corrected chi connectivity index (χ0v) is 11.0. The van der Waals surface area contributed by atoms with E-state index in [1.165, 1.54) is 7.11 Å². The van der Waals surface area contributed by atoms with Gasteiger partial charge >= 0.3 is 5.97 Å². The summed E-state index contributed by atoms with van der Waals surface area (Å²) >= 11 is 0. The minimum atomic E-state index is -0.565. The highest BCUT2D eigenvalue weighted by molar-refractivity contribution is 6.07. The Hall–Kier alpha value is -2.62. The van der Waals surface area contributed by atoms with Crippen LogP contribution in [0.5, 0.6) is 11.5 Å². The Balaban J connectivity index is 2.22. The zero-order valence-electron chi connectivity index (χ0n) is 11.0. The molecule has 0 saturated heterocycles. The summed E-state index contributed by atoms with van der Waals surface area (Å²) in [4.78, 5) is 23.2. The van der Waals surface area contributed by atoms with Crippen LogP contribution in [0.2, 0.25) is 0 Å². The number of methoxy groups -OCH3 is 1. The van der Waals surface area contributed by atoms with E-state index in [1.54, 1.807) is 36.4 Å². The van der Waals surface area contributed by atoms with E-state index in [1.807, 2.05) is 18.2 Å². The predicted octanol–water partition coefficient (Wildman–Crippen LogP) is 3.22. The normalized spacial score (nSPS) is 9.85. The van der Waals surface area contributed by atoms with Crippen LogP contribution in [-0.4, -0.2) is 18.9 Å². The molecular weight excluding hydrogens is 256 g/mol. The molecule has 2 rings (SSSR count). The molecule has 2 aromatic rings. The molecule has 0 unspecified atom stereocenters. The molecule has 20 heavy (non-hydrogen) atoms. The first-order valence-electron chi connectivity index (χ1n) is 6.12. The maximum atomic E-state index is 12.0. The summed E-state index contributed by atoms with van der Waals surface area (Å²) in [6.07, 6.45) is -0.300. The molecule has 0 atom stereocenters. The van der Waals surface area contributed by atoms with Crippen LogP contribution in [0.1, 0.15) is 16.8 Å². The van der Waals surface area contributed by atoms with Crippen molar-refractivity contribution < 1.29 is 19.1 Å². The summed E-state index contributed by atoms with van der Waals surface area (Å²) in [6, 6.07) is 16.0. The van der Waals surface area contributed by atoms with Gasteiger partial charge in [0.2, 0.25) is 0 Å². The third-order valence-electron chi connectivity index (χ3n) is 2.69. The number of esters is 1. The van der Waals surface area contributed by atoms with E-state index < -0.39 is 5.97 Å². The van der Waals surface area contributed by atoms with Crippen molar-refractivity contribution >= 4 is 11.8 Å². The molecule has 0 saturated carbocycles. The first-order valence-corrected chi connectivity index (χ1v) is 6.12. The van der Waals surface area contributed by atoms with Crippen LogP contribution in [0.4, 0.5) is 0 Å². The van der Waals surface area contributed by atoms with Crippen molar-refractivity contribution in [3.8, 4) is 11.5 Å². The minimum absolute atomic E-state index is 0.300. The van der Waals surface area contributed by atoms with Crippen LogP contribution in [-0.2, 0) is 9.53 Å². The number of ether oxygens (including phenoxy) is 2. The molecule has 0 aromatic heterocycles. The average Bonchev–Trinajstić information content (AvgIpc) is 2.48. The number of rotatable bonds is 5. The van der Waals surface area contributed by atoms with Gasteiger partial charge in [-0.25, -0.2) is 0 Å². The number of para-hydroxylation sites is 2. The lowest BCUT2D eigenvalue weighted by Crippen LogP contribution is -2.10. The number of hydrogen-bond donors (Lipinski definition) is 0. The quantitative estimate of drug-likeness (QED) is 0.475. The molecule has 0 bridgehead atoms. The third-order valence-corrected chi connectivity index (χ3v) is 2.69. The highest BCUT2D eigenvalue weighted by atomic mass is 16.5. The highest BCUT2D eigenvalue weighted by Gasteiger charge is 2.16. The first kappa shape index (κ1) is 13.8. The molecule has 0 heterocycles. The molecule has 0 fully saturated rings. The van der Waals surface area contributed by atoms with Gasteiger partial charge in [0.25, 0.3) is 0 Å². The van der Waals surface area contributed by atoms with Gasteiger partial charge in [-0.05, 0) is 24.3 Å². The monoisotopic (exact) mass is 270 g/mol. The van der Waals surface area contributed by atoms with Crippen molar-refractivity contribution in [2.45, 2.75) is 6.42 Å². The van der Waals surface area contributed by atoms with Gasteiger partial charge < -0.3 is 9.47 Å². The van der Waals surface area contributed by atoms with Crippen molar-refractivity contribution in [2.24, 2.45) is 0 Å². The number of carbonyl (C=O) groups excluding carboxylic acids is 2. The Kier molecular flexibility index (Phi) is 4.50. The largest absolute Gasteiger partial charge is 0.469 e. The number of Topliss-reactive ketones (excluding diaryl/α,β-unsaturated/α-hetero) is 1.